The Bertz CT molecular complexity index is 247. The van der Waals surface area contributed by atoms with Gasteiger partial charge in [0.15, 0.2) is 6.29 Å². The normalized spacial score (nSPS) is 41.5. The van der Waals surface area contributed by atoms with Crippen molar-refractivity contribution in [3.05, 3.63) is 0 Å². The van der Waals surface area contributed by atoms with Crippen molar-refractivity contribution in [2.75, 3.05) is 0 Å². The van der Waals surface area contributed by atoms with Gasteiger partial charge in [0.05, 0.1) is 6.10 Å². The van der Waals surface area contributed by atoms with Gasteiger partial charge in [-0.2, -0.15) is 0 Å². The van der Waals surface area contributed by atoms with Crippen LogP contribution in [0.3, 0.4) is 0 Å². The Balaban J connectivity index is 2.71. The average Bonchev–Trinajstić information content (AvgIpc) is 2.18. The molecule has 0 spiro atoms. The predicted molar refractivity (Wildman–Crippen MR) is 51.7 cm³/mol. The third-order valence-electron chi connectivity index (χ3n) is 2.14. The second kappa shape index (κ2) is 4.92. The third-order valence-corrected chi connectivity index (χ3v) is 2.14. The van der Waals surface area contributed by atoms with Crippen LogP contribution in [-0.2, 0) is 9.47 Å². The molecule has 0 aromatic carbocycles. The molecule has 0 aromatic heterocycles. The molecule has 0 bridgehead atoms. The minimum Gasteiger partial charge on any atom is -0.387 e. The molecular formula is C10H16O5. The molecule has 3 N–H and O–H groups in total. The van der Waals surface area contributed by atoms with Crippen LogP contribution in [0.15, 0.2) is 0 Å². The van der Waals surface area contributed by atoms with Crippen LogP contribution < -0.4 is 0 Å². The fraction of sp³-hybridized carbons (Fsp3) is 0.800. The van der Waals surface area contributed by atoms with Crippen LogP contribution in [-0.4, -0.2) is 52.1 Å². The van der Waals surface area contributed by atoms with Gasteiger partial charge in [0.1, 0.15) is 24.4 Å². The first kappa shape index (κ1) is 12.4. The molecule has 1 aliphatic heterocycles. The van der Waals surface area contributed by atoms with E-state index in [0.29, 0.717) is 0 Å². The SMILES string of the molecule is C#CC1O[C@@H](OC(C)C)C(O)C(O)[C@@H]1O. The second-order valence-electron chi connectivity index (χ2n) is 3.75. The summed E-state index contributed by atoms with van der Waals surface area (Å²) < 4.78 is 10.3. The zero-order valence-corrected chi connectivity index (χ0v) is 8.70. The van der Waals surface area contributed by atoms with E-state index >= 15 is 0 Å². The number of terminal acetylenes is 1. The van der Waals surface area contributed by atoms with E-state index < -0.39 is 30.7 Å². The Labute approximate surface area is 88.6 Å². The van der Waals surface area contributed by atoms with Crippen molar-refractivity contribution < 1.29 is 24.8 Å². The monoisotopic (exact) mass is 216 g/mol. The maximum absolute atomic E-state index is 9.54. The fourth-order valence-corrected chi connectivity index (χ4v) is 1.37. The predicted octanol–water partition coefficient (Wildman–Crippen LogP) is -1.15. The lowest BCUT2D eigenvalue weighted by atomic mass is 9.99. The van der Waals surface area contributed by atoms with Gasteiger partial charge >= 0.3 is 0 Å². The first-order valence-corrected chi connectivity index (χ1v) is 4.78. The van der Waals surface area contributed by atoms with Gasteiger partial charge in [0.2, 0.25) is 0 Å². The Hall–Kier alpha value is -0.640. The second-order valence-corrected chi connectivity index (χ2v) is 3.75. The van der Waals surface area contributed by atoms with Gasteiger partial charge in [-0.25, -0.2) is 0 Å². The number of aliphatic hydroxyl groups is 3. The van der Waals surface area contributed by atoms with Crippen LogP contribution in [0, 0.1) is 12.3 Å². The topological polar surface area (TPSA) is 79.2 Å². The molecule has 1 rings (SSSR count). The number of aliphatic hydroxyl groups excluding tert-OH is 3. The van der Waals surface area contributed by atoms with Crippen molar-refractivity contribution in [1.29, 1.82) is 0 Å². The lowest BCUT2D eigenvalue weighted by Gasteiger charge is -2.38. The first-order valence-electron chi connectivity index (χ1n) is 4.78. The van der Waals surface area contributed by atoms with E-state index in [2.05, 4.69) is 5.92 Å². The molecule has 0 amide bonds. The van der Waals surface area contributed by atoms with Crippen LogP contribution in [0.1, 0.15) is 13.8 Å². The summed E-state index contributed by atoms with van der Waals surface area (Å²) in [6, 6.07) is 0. The van der Waals surface area contributed by atoms with Crippen molar-refractivity contribution in [3.8, 4) is 12.3 Å². The molecular weight excluding hydrogens is 200 g/mol. The van der Waals surface area contributed by atoms with Gasteiger partial charge in [0.25, 0.3) is 0 Å². The molecule has 0 radical (unpaired) electrons. The molecule has 1 aliphatic rings. The first-order chi connectivity index (χ1) is 6.97. The number of hydrogen-bond acceptors (Lipinski definition) is 5. The van der Waals surface area contributed by atoms with Crippen LogP contribution in [0.5, 0.6) is 0 Å². The van der Waals surface area contributed by atoms with Crippen molar-refractivity contribution in [2.24, 2.45) is 0 Å². The van der Waals surface area contributed by atoms with Gasteiger partial charge in [-0.05, 0) is 13.8 Å². The van der Waals surface area contributed by atoms with E-state index in [0.717, 1.165) is 0 Å². The Morgan fingerprint density at radius 1 is 1.20 bits per heavy atom. The van der Waals surface area contributed by atoms with Crippen molar-refractivity contribution >= 4 is 0 Å². The summed E-state index contributed by atoms with van der Waals surface area (Å²) >= 11 is 0. The van der Waals surface area contributed by atoms with E-state index in [4.69, 9.17) is 15.9 Å². The third kappa shape index (κ3) is 2.68. The smallest absolute Gasteiger partial charge is 0.188 e. The van der Waals surface area contributed by atoms with Crippen LogP contribution in [0.2, 0.25) is 0 Å². The fourth-order valence-electron chi connectivity index (χ4n) is 1.37. The van der Waals surface area contributed by atoms with Gasteiger partial charge in [-0.3, -0.25) is 0 Å². The van der Waals surface area contributed by atoms with E-state index in [9.17, 15) is 15.3 Å². The molecule has 5 heteroatoms. The summed E-state index contributed by atoms with van der Waals surface area (Å²) in [4.78, 5) is 0. The Kier molecular flexibility index (Phi) is 4.08. The summed E-state index contributed by atoms with van der Waals surface area (Å²) in [7, 11) is 0. The standard InChI is InChI=1S/C10H16O5/c1-4-6-7(11)8(12)9(13)10(15-6)14-5(2)3/h1,5-13H,2-3H3/t6?,7-,8?,9?,10-/m1/s1. The van der Waals surface area contributed by atoms with Crippen LogP contribution in [0.25, 0.3) is 0 Å². The van der Waals surface area contributed by atoms with E-state index in [-0.39, 0.29) is 6.10 Å². The summed E-state index contributed by atoms with van der Waals surface area (Å²) in [6.45, 7) is 3.52. The summed E-state index contributed by atoms with van der Waals surface area (Å²) in [6.07, 6.45) is -0.991. The van der Waals surface area contributed by atoms with Crippen molar-refractivity contribution in [3.63, 3.8) is 0 Å². The molecule has 1 heterocycles. The summed E-state index contributed by atoms with van der Waals surface area (Å²) in [5.41, 5.74) is 0. The van der Waals surface area contributed by atoms with Crippen molar-refractivity contribution in [1.82, 2.24) is 0 Å². The van der Waals surface area contributed by atoms with Gasteiger partial charge in [-0.1, -0.05) is 5.92 Å². The lowest BCUT2D eigenvalue weighted by molar-refractivity contribution is -0.293. The highest BCUT2D eigenvalue weighted by Gasteiger charge is 2.43. The molecule has 0 aliphatic carbocycles. The molecule has 1 fully saturated rings. The quantitative estimate of drug-likeness (QED) is 0.508. The minimum atomic E-state index is -1.36. The average molecular weight is 216 g/mol. The van der Waals surface area contributed by atoms with Crippen LogP contribution in [0.4, 0.5) is 0 Å². The number of rotatable bonds is 2. The minimum absolute atomic E-state index is 0.175. The molecule has 0 saturated carbocycles. The molecule has 5 atom stereocenters. The summed E-state index contributed by atoms with van der Waals surface area (Å²) in [5, 5.41) is 28.4. The molecule has 5 nitrogen and oxygen atoms in total. The molecule has 3 unspecified atom stereocenters. The van der Waals surface area contributed by atoms with Gasteiger partial charge in [0, 0.05) is 0 Å². The molecule has 0 aromatic rings. The van der Waals surface area contributed by atoms with Gasteiger partial charge < -0.3 is 24.8 Å². The largest absolute Gasteiger partial charge is 0.387 e. The highest BCUT2D eigenvalue weighted by atomic mass is 16.7. The Morgan fingerprint density at radius 2 is 1.80 bits per heavy atom. The summed E-state index contributed by atoms with van der Waals surface area (Å²) in [5.74, 6) is 2.18. The number of hydrogen-bond donors (Lipinski definition) is 3. The lowest BCUT2D eigenvalue weighted by Crippen LogP contribution is -2.58. The molecule has 1 saturated heterocycles. The highest BCUT2D eigenvalue weighted by Crippen LogP contribution is 2.22. The Morgan fingerprint density at radius 3 is 2.27 bits per heavy atom. The van der Waals surface area contributed by atoms with E-state index in [1.54, 1.807) is 13.8 Å². The molecule has 15 heavy (non-hydrogen) atoms. The van der Waals surface area contributed by atoms with E-state index in [1.807, 2.05) is 0 Å². The maximum Gasteiger partial charge on any atom is 0.188 e. The highest BCUT2D eigenvalue weighted by molar-refractivity contribution is 5.05. The zero-order valence-electron chi connectivity index (χ0n) is 8.70. The zero-order chi connectivity index (χ0) is 11.6. The van der Waals surface area contributed by atoms with Crippen LogP contribution >= 0.6 is 0 Å². The van der Waals surface area contributed by atoms with Crippen molar-refractivity contribution in [2.45, 2.75) is 50.7 Å². The number of ether oxygens (including phenoxy) is 2. The maximum atomic E-state index is 9.54. The molecule has 86 valence electrons. The van der Waals surface area contributed by atoms with E-state index in [1.165, 1.54) is 0 Å². The van der Waals surface area contributed by atoms with Gasteiger partial charge in [-0.15, -0.1) is 6.42 Å².